The van der Waals surface area contributed by atoms with E-state index in [2.05, 4.69) is 0 Å². The molecule has 0 spiro atoms. The van der Waals surface area contributed by atoms with E-state index in [0.717, 1.165) is 0 Å². The zero-order valence-corrected chi connectivity index (χ0v) is 10.9. The van der Waals surface area contributed by atoms with Gasteiger partial charge in [-0.15, -0.1) is 0 Å². The zero-order chi connectivity index (χ0) is 9.12. The van der Waals surface area contributed by atoms with Gasteiger partial charge in [0.05, 0.1) is 0 Å². The highest BCUT2D eigenvalue weighted by Gasteiger charge is 2.46. The van der Waals surface area contributed by atoms with Crippen LogP contribution < -0.4 is 0 Å². The van der Waals surface area contributed by atoms with Gasteiger partial charge in [-0.2, -0.15) is 0 Å². The third kappa shape index (κ3) is 4.41. The Bertz CT molecular complexity index is 122. The standard InChI is InChI=1S/C4H7Cl5OSi/c1-2-10-11-4(8,9)3(5,6)7/h2,11H2,1H3. The van der Waals surface area contributed by atoms with Gasteiger partial charge in [-0.3, -0.25) is 0 Å². The SMILES string of the molecule is CCO[SiH2]C(Cl)(Cl)C(Cl)(Cl)Cl. The van der Waals surface area contributed by atoms with E-state index in [1.165, 1.54) is 0 Å². The average molecular weight is 276 g/mol. The molecular formula is C4H7Cl5OSi. The molecule has 0 N–H and O–H groups in total. The van der Waals surface area contributed by atoms with Crippen LogP contribution in [0, 0.1) is 0 Å². The van der Waals surface area contributed by atoms with Crippen LogP contribution in [0.5, 0.6) is 0 Å². The molecular weight excluding hydrogens is 269 g/mol. The summed E-state index contributed by atoms with van der Waals surface area (Å²) in [6, 6.07) is 0. The molecule has 68 valence electrons. The average Bonchev–Trinajstić information content (AvgIpc) is 1.81. The molecule has 0 bridgehead atoms. The molecule has 0 rings (SSSR count). The monoisotopic (exact) mass is 274 g/mol. The number of hydrogen-bond donors (Lipinski definition) is 0. The van der Waals surface area contributed by atoms with Crippen molar-refractivity contribution in [3.63, 3.8) is 0 Å². The first-order chi connectivity index (χ1) is 4.81. The molecule has 0 unspecified atom stereocenters. The Morgan fingerprint density at radius 2 is 1.64 bits per heavy atom. The van der Waals surface area contributed by atoms with Crippen molar-refractivity contribution in [3.05, 3.63) is 0 Å². The second kappa shape index (κ2) is 4.75. The maximum absolute atomic E-state index is 5.70. The van der Waals surface area contributed by atoms with Crippen LogP contribution in [0.15, 0.2) is 0 Å². The van der Waals surface area contributed by atoms with E-state index in [1.807, 2.05) is 6.92 Å². The van der Waals surface area contributed by atoms with E-state index < -0.39 is 17.5 Å². The highest BCUT2D eigenvalue weighted by atomic mass is 35.6. The molecule has 0 radical (unpaired) electrons. The van der Waals surface area contributed by atoms with Crippen LogP contribution in [0.25, 0.3) is 0 Å². The highest BCUT2D eigenvalue weighted by molar-refractivity contribution is 6.84. The summed E-state index contributed by atoms with van der Waals surface area (Å²) < 4.78 is 2.02. The van der Waals surface area contributed by atoms with Gasteiger partial charge in [0.15, 0.2) is 3.96 Å². The molecule has 0 saturated carbocycles. The van der Waals surface area contributed by atoms with Gasteiger partial charge in [0, 0.05) is 6.61 Å². The third-order valence-electron chi connectivity index (χ3n) is 0.902. The normalized spacial score (nSPS) is 14.7. The van der Waals surface area contributed by atoms with Gasteiger partial charge >= 0.3 is 0 Å². The molecule has 0 aromatic heterocycles. The molecule has 0 atom stereocenters. The van der Waals surface area contributed by atoms with Gasteiger partial charge in [-0.05, 0) is 6.92 Å². The molecule has 0 heterocycles. The minimum absolute atomic E-state index is 0.536. The van der Waals surface area contributed by atoms with Crippen molar-refractivity contribution >= 4 is 67.8 Å². The lowest BCUT2D eigenvalue weighted by molar-refractivity contribution is 0.356. The Hall–Kier alpha value is 1.63. The molecule has 0 aliphatic rings. The maximum atomic E-state index is 5.70. The predicted octanol–water partition coefficient (Wildman–Crippen LogP) is 2.61. The summed E-state index contributed by atoms with van der Waals surface area (Å²) >= 11 is 27.8. The van der Waals surface area contributed by atoms with Crippen LogP contribution in [0.1, 0.15) is 6.92 Å². The van der Waals surface area contributed by atoms with Gasteiger partial charge < -0.3 is 4.43 Å². The van der Waals surface area contributed by atoms with Crippen LogP contribution in [-0.4, -0.2) is 24.1 Å². The Kier molecular flexibility index (Phi) is 5.45. The van der Waals surface area contributed by atoms with Crippen LogP contribution >= 0.6 is 58.0 Å². The Balaban J connectivity index is 4.00. The number of halogens is 5. The summed E-state index contributed by atoms with van der Waals surface area (Å²) in [6.45, 7) is 2.36. The van der Waals surface area contributed by atoms with Crippen LogP contribution in [0.2, 0.25) is 0 Å². The first-order valence-corrected chi connectivity index (χ1v) is 6.01. The number of alkyl halides is 5. The third-order valence-corrected chi connectivity index (χ3v) is 5.85. The van der Waals surface area contributed by atoms with Crippen molar-refractivity contribution in [2.75, 3.05) is 6.61 Å². The van der Waals surface area contributed by atoms with Crippen LogP contribution in [0.3, 0.4) is 0 Å². The topological polar surface area (TPSA) is 9.23 Å². The molecule has 0 amide bonds. The van der Waals surface area contributed by atoms with Crippen molar-refractivity contribution in [2.24, 2.45) is 0 Å². The lowest BCUT2D eigenvalue weighted by Gasteiger charge is -2.25. The molecule has 7 heteroatoms. The lowest BCUT2D eigenvalue weighted by Crippen LogP contribution is -2.38. The van der Waals surface area contributed by atoms with E-state index in [9.17, 15) is 0 Å². The molecule has 0 saturated heterocycles. The lowest BCUT2D eigenvalue weighted by atomic mass is 10.9. The Morgan fingerprint density at radius 3 is 1.91 bits per heavy atom. The fourth-order valence-corrected chi connectivity index (χ4v) is 1.89. The summed E-state index contributed by atoms with van der Waals surface area (Å²) in [5.41, 5.74) is 0. The van der Waals surface area contributed by atoms with Crippen molar-refractivity contribution in [3.8, 4) is 0 Å². The summed E-state index contributed by atoms with van der Waals surface area (Å²) in [4.78, 5) is 0. The molecule has 1 nitrogen and oxygen atoms in total. The smallest absolute Gasteiger partial charge is 0.222 e. The van der Waals surface area contributed by atoms with E-state index in [4.69, 9.17) is 62.4 Å². The molecule has 0 aliphatic heterocycles. The summed E-state index contributed by atoms with van der Waals surface area (Å²) in [5.74, 6) is 0. The largest absolute Gasteiger partial charge is 0.421 e. The van der Waals surface area contributed by atoms with E-state index in [1.54, 1.807) is 0 Å². The van der Waals surface area contributed by atoms with Crippen molar-refractivity contribution in [1.29, 1.82) is 0 Å². The second-order valence-electron chi connectivity index (χ2n) is 1.84. The first-order valence-electron chi connectivity index (χ1n) is 2.83. The minimum Gasteiger partial charge on any atom is -0.421 e. The summed E-state index contributed by atoms with van der Waals surface area (Å²) in [6.07, 6.45) is 0. The van der Waals surface area contributed by atoms with Gasteiger partial charge in [0.2, 0.25) is 13.6 Å². The first kappa shape index (κ1) is 12.6. The van der Waals surface area contributed by atoms with E-state index in [-0.39, 0.29) is 0 Å². The molecule has 11 heavy (non-hydrogen) atoms. The molecule has 0 fully saturated rings. The number of hydrogen-bond acceptors (Lipinski definition) is 1. The van der Waals surface area contributed by atoms with Crippen LogP contribution in [0.4, 0.5) is 0 Å². The molecule has 0 aliphatic carbocycles. The van der Waals surface area contributed by atoms with Crippen molar-refractivity contribution < 1.29 is 4.43 Å². The Morgan fingerprint density at radius 1 is 1.18 bits per heavy atom. The second-order valence-corrected chi connectivity index (χ2v) is 8.26. The highest BCUT2D eigenvalue weighted by Crippen LogP contribution is 2.44. The zero-order valence-electron chi connectivity index (χ0n) is 5.71. The van der Waals surface area contributed by atoms with Gasteiger partial charge in [0.1, 0.15) is 0 Å². The summed E-state index contributed by atoms with van der Waals surface area (Å²) in [7, 11) is -1.23. The van der Waals surface area contributed by atoms with Gasteiger partial charge in [0.25, 0.3) is 0 Å². The van der Waals surface area contributed by atoms with Gasteiger partial charge in [-0.1, -0.05) is 58.0 Å². The Labute approximate surface area is 93.2 Å². The van der Waals surface area contributed by atoms with Crippen molar-refractivity contribution in [1.82, 2.24) is 0 Å². The van der Waals surface area contributed by atoms with E-state index in [0.29, 0.717) is 6.61 Å². The van der Waals surface area contributed by atoms with E-state index >= 15 is 0 Å². The fourth-order valence-electron chi connectivity index (χ4n) is 0.312. The van der Waals surface area contributed by atoms with Crippen LogP contribution in [-0.2, 0) is 4.43 Å². The molecule has 0 aromatic rings. The molecule has 0 aromatic carbocycles. The van der Waals surface area contributed by atoms with Gasteiger partial charge in [-0.25, -0.2) is 0 Å². The number of rotatable bonds is 3. The quantitative estimate of drug-likeness (QED) is 0.569. The summed E-state index contributed by atoms with van der Waals surface area (Å²) in [5, 5.41) is 0. The maximum Gasteiger partial charge on any atom is 0.222 e. The van der Waals surface area contributed by atoms with Crippen molar-refractivity contribution in [2.45, 2.75) is 14.7 Å². The predicted molar refractivity (Wildman–Crippen MR) is 54.9 cm³/mol. The fraction of sp³-hybridized carbons (Fsp3) is 1.00. The minimum atomic E-state index is -1.67.